The average molecular weight is 523 g/mol. The number of amides is 1. The van der Waals surface area contributed by atoms with Gasteiger partial charge in [0, 0.05) is 41.6 Å². The number of ether oxygens (including phenoxy) is 1. The van der Waals surface area contributed by atoms with Crippen molar-refractivity contribution in [3.05, 3.63) is 125 Å². The Morgan fingerprint density at radius 3 is 2.41 bits per heavy atom. The molecule has 0 fully saturated rings. The van der Waals surface area contributed by atoms with Crippen LogP contribution >= 0.6 is 0 Å². The summed E-state index contributed by atoms with van der Waals surface area (Å²) < 4.78 is 5.43. The lowest BCUT2D eigenvalue weighted by atomic mass is 9.86. The molecule has 0 saturated carbocycles. The molecular weight excluding hydrogens is 492 g/mol. The lowest BCUT2D eigenvalue weighted by Crippen LogP contribution is -2.21. The second-order valence-corrected chi connectivity index (χ2v) is 9.29. The van der Waals surface area contributed by atoms with Crippen molar-refractivity contribution in [2.45, 2.75) is 26.4 Å². The maximum atomic E-state index is 13.6. The molecule has 4 rings (SSSR count). The van der Waals surface area contributed by atoms with Gasteiger partial charge in [-0.15, -0.1) is 0 Å². The van der Waals surface area contributed by atoms with Crippen molar-refractivity contribution in [1.82, 2.24) is 10.5 Å². The molecule has 0 unspecified atom stereocenters. The summed E-state index contributed by atoms with van der Waals surface area (Å²) in [5, 5.41) is 9.66. The van der Waals surface area contributed by atoms with Gasteiger partial charge >= 0.3 is 5.97 Å². The van der Waals surface area contributed by atoms with E-state index in [-0.39, 0.29) is 18.8 Å². The first-order valence-corrected chi connectivity index (χ1v) is 12.6. The zero-order valence-electron chi connectivity index (χ0n) is 21.6. The van der Waals surface area contributed by atoms with Crippen molar-refractivity contribution in [2.75, 3.05) is 0 Å². The largest absolute Gasteiger partial charge is 0.458 e. The highest BCUT2D eigenvalue weighted by Gasteiger charge is 2.23. The van der Waals surface area contributed by atoms with Gasteiger partial charge in [-0.25, -0.2) is 10.3 Å². The van der Waals surface area contributed by atoms with Gasteiger partial charge < -0.3 is 9.72 Å². The van der Waals surface area contributed by atoms with E-state index < -0.39 is 17.8 Å². The highest BCUT2D eigenvalue weighted by atomic mass is 16.5. The number of carbonyl (C=O) groups is 3. The second-order valence-electron chi connectivity index (χ2n) is 9.29. The van der Waals surface area contributed by atoms with E-state index in [9.17, 15) is 14.4 Å². The number of H-pyrrole nitrogens is 1. The lowest BCUT2D eigenvalue weighted by Gasteiger charge is -2.17. The van der Waals surface area contributed by atoms with E-state index >= 15 is 0 Å². The second kappa shape index (κ2) is 13.2. The number of hydroxylamine groups is 1. The number of para-hydroxylation sites is 1. The van der Waals surface area contributed by atoms with Gasteiger partial charge in [-0.1, -0.05) is 78.4 Å². The van der Waals surface area contributed by atoms with Crippen LogP contribution in [-0.4, -0.2) is 27.9 Å². The summed E-state index contributed by atoms with van der Waals surface area (Å²) in [5.74, 6) is -1.66. The van der Waals surface area contributed by atoms with Crippen LogP contribution < -0.4 is 5.48 Å². The van der Waals surface area contributed by atoms with Crippen LogP contribution in [0.5, 0.6) is 0 Å². The SMILES string of the molecule is C/C(=C/C(=O)OCc1ccccc1)[C@H](Cc1c[nH]c2ccccc12)C(=O)Cc1ccc(/C=C/C(=O)NO)cc1. The predicted molar refractivity (Wildman–Crippen MR) is 150 cm³/mol. The summed E-state index contributed by atoms with van der Waals surface area (Å²) >= 11 is 0. The van der Waals surface area contributed by atoms with E-state index in [1.807, 2.05) is 72.9 Å². The molecule has 0 aliphatic heterocycles. The van der Waals surface area contributed by atoms with E-state index in [4.69, 9.17) is 9.94 Å². The van der Waals surface area contributed by atoms with E-state index in [0.717, 1.165) is 33.2 Å². The zero-order valence-corrected chi connectivity index (χ0v) is 21.6. The minimum Gasteiger partial charge on any atom is -0.458 e. The van der Waals surface area contributed by atoms with Gasteiger partial charge in [0.1, 0.15) is 12.4 Å². The van der Waals surface area contributed by atoms with Gasteiger partial charge in [0.15, 0.2) is 0 Å². The molecule has 0 radical (unpaired) electrons. The van der Waals surface area contributed by atoms with Crippen molar-refractivity contribution < 1.29 is 24.3 Å². The number of aromatic nitrogens is 1. The van der Waals surface area contributed by atoms with Crippen molar-refractivity contribution in [3.8, 4) is 0 Å². The molecule has 7 heteroatoms. The Labute approximate surface area is 226 Å². The van der Waals surface area contributed by atoms with Gasteiger partial charge in [-0.05, 0) is 47.7 Å². The molecule has 1 atom stereocenters. The molecule has 0 aliphatic carbocycles. The molecule has 3 aromatic carbocycles. The third-order valence-corrected chi connectivity index (χ3v) is 6.50. The Kier molecular flexibility index (Phi) is 9.21. The number of aromatic amines is 1. The summed E-state index contributed by atoms with van der Waals surface area (Å²) in [6.07, 6.45) is 6.72. The van der Waals surface area contributed by atoms with E-state index in [1.165, 1.54) is 12.2 Å². The number of allylic oxidation sites excluding steroid dienone is 1. The van der Waals surface area contributed by atoms with Crippen molar-refractivity contribution in [1.29, 1.82) is 0 Å². The molecule has 4 aromatic rings. The Morgan fingerprint density at radius 2 is 1.67 bits per heavy atom. The molecule has 1 aromatic heterocycles. The molecular formula is C32H30N2O5. The number of carbonyl (C=O) groups excluding carboxylic acids is 3. The molecule has 0 aliphatic rings. The van der Waals surface area contributed by atoms with Crippen LogP contribution in [0.15, 0.2) is 103 Å². The molecule has 1 heterocycles. The summed E-state index contributed by atoms with van der Waals surface area (Å²) in [7, 11) is 0. The van der Waals surface area contributed by atoms with Crippen molar-refractivity contribution in [3.63, 3.8) is 0 Å². The Morgan fingerprint density at radius 1 is 0.949 bits per heavy atom. The number of esters is 1. The van der Waals surface area contributed by atoms with Crippen LogP contribution in [-0.2, 0) is 38.6 Å². The Hall–Kier alpha value is -4.75. The molecule has 0 saturated heterocycles. The minimum atomic E-state index is -0.626. The highest BCUT2D eigenvalue weighted by Crippen LogP contribution is 2.26. The number of rotatable bonds is 11. The highest BCUT2D eigenvalue weighted by molar-refractivity contribution is 5.91. The number of nitrogens with one attached hydrogen (secondary N) is 2. The topological polar surface area (TPSA) is 108 Å². The number of Topliss-reactive ketones (excluding diaryl/α,β-unsaturated/α-hetero) is 1. The molecule has 198 valence electrons. The third-order valence-electron chi connectivity index (χ3n) is 6.50. The van der Waals surface area contributed by atoms with Gasteiger partial charge in [0.05, 0.1) is 0 Å². The normalized spacial score (nSPS) is 12.4. The fraction of sp³-hybridized carbons (Fsp3) is 0.156. The average Bonchev–Trinajstić information content (AvgIpc) is 3.37. The zero-order chi connectivity index (χ0) is 27.6. The predicted octanol–water partition coefficient (Wildman–Crippen LogP) is 5.35. The van der Waals surface area contributed by atoms with Crippen LogP contribution in [0.3, 0.4) is 0 Å². The molecule has 1 amide bonds. The number of benzene rings is 3. The number of hydrogen-bond donors (Lipinski definition) is 3. The number of hydrogen-bond acceptors (Lipinski definition) is 5. The van der Waals surface area contributed by atoms with Gasteiger partial charge in [-0.2, -0.15) is 0 Å². The van der Waals surface area contributed by atoms with E-state index in [0.29, 0.717) is 12.0 Å². The van der Waals surface area contributed by atoms with E-state index in [2.05, 4.69) is 4.98 Å². The first-order valence-electron chi connectivity index (χ1n) is 12.6. The molecule has 0 spiro atoms. The number of fused-ring (bicyclic) bond motifs is 1. The standard InChI is InChI=1S/C32H30N2O5/c1-22(17-32(37)39-21-25-7-3-2-4-8-25)28(19-26-20-33-29-10-6-5-9-27(26)29)30(35)18-24-13-11-23(12-14-24)15-16-31(36)34-38/h2-17,20,28,33,38H,18-19,21H2,1H3,(H,34,36)/b16-15+,22-17-/t28-/m0/s1. The van der Waals surface area contributed by atoms with Crippen molar-refractivity contribution >= 4 is 34.6 Å². The van der Waals surface area contributed by atoms with Crippen LogP contribution in [0, 0.1) is 5.92 Å². The van der Waals surface area contributed by atoms with Crippen LogP contribution in [0.2, 0.25) is 0 Å². The minimum absolute atomic E-state index is 0.0205. The first-order chi connectivity index (χ1) is 18.9. The van der Waals surface area contributed by atoms with Gasteiger partial charge in [0.2, 0.25) is 0 Å². The third kappa shape index (κ3) is 7.63. The summed E-state index contributed by atoms with van der Waals surface area (Å²) in [5.41, 5.74) is 6.62. The molecule has 39 heavy (non-hydrogen) atoms. The fourth-order valence-electron chi connectivity index (χ4n) is 4.39. The lowest BCUT2D eigenvalue weighted by molar-refractivity contribution is -0.139. The van der Waals surface area contributed by atoms with Crippen LogP contribution in [0.1, 0.15) is 29.2 Å². The Balaban J connectivity index is 1.52. The first kappa shape index (κ1) is 27.3. The summed E-state index contributed by atoms with van der Waals surface area (Å²) in [4.78, 5) is 40.7. The monoisotopic (exact) mass is 522 g/mol. The smallest absolute Gasteiger partial charge is 0.331 e. The number of ketones is 1. The molecule has 7 nitrogen and oxygen atoms in total. The molecule has 3 N–H and O–H groups in total. The van der Waals surface area contributed by atoms with E-state index in [1.54, 1.807) is 30.6 Å². The summed E-state index contributed by atoms with van der Waals surface area (Å²) in [6, 6.07) is 24.6. The van der Waals surface area contributed by atoms with Crippen LogP contribution in [0.4, 0.5) is 0 Å². The molecule has 0 bridgehead atoms. The maximum Gasteiger partial charge on any atom is 0.331 e. The summed E-state index contributed by atoms with van der Waals surface area (Å²) in [6.45, 7) is 1.95. The fourth-order valence-corrected chi connectivity index (χ4v) is 4.39. The van der Waals surface area contributed by atoms with Gasteiger partial charge in [0.25, 0.3) is 5.91 Å². The quantitative estimate of drug-likeness (QED) is 0.107. The van der Waals surface area contributed by atoms with Gasteiger partial charge in [-0.3, -0.25) is 14.8 Å². The maximum absolute atomic E-state index is 13.6. The van der Waals surface area contributed by atoms with Crippen LogP contribution in [0.25, 0.3) is 17.0 Å². The Bertz CT molecular complexity index is 1500. The van der Waals surface area contributed by atoms with Crippen molar-refractivity contribution in [2.24, 2.45) is 5.92 Å².